The van der Waals surface area contributed by atoms with Gasteiger partial charge in [0.2, 0.25) is 0 Å². The summed E-state index contributed by atoms with van der Waals surface area (Å²) in [5.41, 5.74) is 5.60. The van der Waals surface area contributed by atoms with E-state index in [4.69, 9.17) is 34.0 Å². The van der Waals surface area contributed by atoms with Crippen LogP contribution >= 0.6 is 45.8 Å². The Morgan fingerprint density at radius 2 is 1.76 bits per heavy atom. The molecule has 8 heteroatoms. The molecule has 110 valence electrons. The molecule has 0 heterocycles. The number of halogens is 5. The molecule has 0 aliphatic carbocycles. The van der Waals surface area contributed by atoms with E-state index in [1.54, 1.807) is 22.6 Å². The Morgan fingerprint density at radius 3 is 2.33 bits per heavy atom. The van der Waals surface area contributed by atoms with E-state index >= 15 is 0 Å². The van der Waals surface area contributed by atoms with Crippen molar-refractivity contribution in [3.05, 3.63) is 49.0 Å². The van der Waals surface area contributed by atoms with Crippen molar-refractivity contribution in [3.8, 4) is 11.1 Å². The van der Waals surface area contributed by atoms with Crippen LogP contribution in [0.15, 0.2) is 18.2 Å². The predicted octanol–water partition coefficient (Wildman–Crippen LogP) is 4.82. The lowest BCUT2D eigenvalue weighted by molar-refractivity contribution is 0.0698. The van der Waals surface area contributed by atoms with E-state index in [2.05, 4.69) is 0 Å². The number of hydrogen-bond acceptors (Lipinski definition) is 2. The Labute approximate surface area is 141 Å². The average Bonchev–Trinajstić information content (AvgIpc) is 2.39. The summed E-state index contributed by atoms with van der Waals surface area (Å²) < 4.78 is 27.4. The Balaban J connectivity index is 2.80. The highest BCUT2D eigenvalue weighted by Gasteiger charge is 2.21. The van der Waals surface area contributed by atoms with Gasteiger partial charge < -0.3 is 10.8 Å². The molecule has 0 spiro atoms. The van der Waals surface area contributed by atoms with Gasteiger partial charge in [-0.05, 0) is 34.7 Å². The van der Waals surface area contributed by atoms with Gasteiger partial charge in [-0.1, -0.05) is 23.2 Å². The number of nitrogens with two attached hydrogens (primary N) is 1. The van der Waals surface area contributed by atoms with Crippen LogP contribution in [0.1, 0.15) is 10.4 Å². The van der Waals surface area contributed by atoms with E-state index in [1.165, 1.54) is 0 Å². The summed E-state index contributed by atoms with van der Waals surface area (Å²) in [6, 6.07) is 2.83. The second-order valence-corrected chi connectivity index (χ2v) is 5.95. The van der Waals surface area contributed by atoms with Crippen LogP contribution in [-0.2, 0) is 0 Å². The first-order valence-electron chi connectivity index (χ1n) is 5.39. The molecule has 21 heavy (non-hydrogen) atoms. The van der Waals surface area contributed by atoms with Crippen LogP contribution in [-0.4, -0.2) is 11.1 Å². The van der Waals surface area contributed by atoms with Gasteiger partial charge in [0.05, 0.1) is 21.3 Å². The van der Waals surface area contributed by atoms with Crippen molar-refractivity contribution in [2.24, 2.45) is 0 Å². The van der Waals surface area contributed by atoms with E-state index in [1.807, 2.05) is 0 Å². The maximum absolute atomic E-state index is 13.9. The Kier molecular flexibility index (Phi) is 4.60. The van der Waals surface area contributed by atoms with Crippen LogP contribution in [0.4, 0.5) is 14.5 Å². The average molecular weight is 444 g/mol. The van der Waals surface area contributed by atoms with Crippen LogP contribution in [0.25, 0.3) is 11.1 Å². The molecule has 0 aliphatic heterocycles. The van der Waals surface area contributed by atoms with Crippen molar-refractivity contribution in [2.75, 3.05) is 5.73 Å². The van der Waals surface area contributed by atoms with E-state index in [0.29, 0.717) is 6.07 Å². The van der Waals surface area contributed by atoms with Crippen molar-refractivity contribution in [2.45, 2.75) is 0 Å². The van der Waals surface area contributed by atoms with Crippen LogP contribution < -0.4 is 5.73 Å². The summed E-state index contributed by atoms with van der Waals surface area (Å²) in [7, 11) is 0. The molecule has 3 N–H and O–H groups in total. The molecule has 0 aromatic heterocycles. The zero-order valence-electron chi connectivity index (χ0n) is 10.1. The van der Waals surface area contributed by atoms with Crippen molar-refractivity contribution in [1.82, 2.24) is 0 Å². The van der Waals surface area contributed by atoms with Gasteiger partial charge >= 0.3 is 5.97 Å². The Hall–Kier alpha value is -1.12. The molecule has 0 unspecified atom stereocenters. The topological polar surface area (TPSA) is 63.3 Å². The molecule has 0 atom stereocenters. The SMILES string of the molecule is Nc1c(C(=O)O)cc(Cl)c(-c2cc(Cl)c(F)cc2F)c1I. The molecular weight excluding hydrogens is 438 g/mol. The fraction of sp³-hybridized carbons (Fsp3) is 0. The zero-order valence-corrected chi connectivity index (χ0v) is 13.7. The minimum atomic E-state index is -1.25. The van der Waals surface area contributed by atoms with Crippen LogP contribution in [0.3, 0.4) is 0 Å². The molecule has 0 radical (unpaired) electrons. The molecule has 0 saturated carbocycles. The minimum absolute atomic E-state index is 0.0208. The second-order valence-electron chi connectivity index (χ2n) is 4.06. The smallest absolute Gasteiger partial charge is 0.337 e. The number of hydrogen-bond donors (Lipinski definition) is 2. The summed E-state index contributed by atoms with van der Waals surface area (Å²) in [6.07, 6.45) is 0. The number of rotatable bonds is 2. The molecule has 0 fully saturated rings. The quantitative estimate of drug-likeness (QED) is 0.397. The molecular formula is C13H6Cl2F2INO2. The summed E-state index contributed by atoms with van der Waals surface area (Å²) in [4.78, 5) is 11.1. The minimum Gasteiger partial charge on any atom is -0.478 e. The summed E-state index contributed by atoms with van der Waals surface area (Å²) in [6.45, 7) is 0. The monoisotopic (exact) mass is 443 g/mol. The van der Waals surface area contributed by atoms with Crippen LogP contribution in [0.2, 0.25) is 10.0 Å². The van der Waals surface area contributed by atoms with Gasteiger partial charge in [0.15, 0.2) is 0 Å². The summed E-state index contributed by atoms with van der Waals surface area (Å²) >= 11 is 13.4. The summed E-state index contributed by atoms with van der Waals surface area (Å²) in [5.74, 6) is -3.03. The highest BCUT2D eigenvalue weighted by atomic mass is 127. The van der Waals surface area contributed by atoms with Gasteiger partial charge in [0, 0.05) is 20.8 Å². The van der Waals surface area contributed by atoms with Gasteiger partial charge in [-0.2, -0.15) is 0 Å². The molecule has 0 saturated heterocycles. The number of carbonyl (C=O) groups is 1. The fourth-order valence-corrected chi connectivity index (χ4v) is 3.27. The Morgan fingerprint density at radius 1 is 1.14 bits per heavy atom. The molecule has 0 bridgehead atoms. The van der Waals surface area contributed by atoms with E-state index in [0.717, 1.165) is 12.1 Å². The van der Waals surface area contributed by atoms with E-state index in [-0.39, 0.29) is 36.0 Å². The van der Waals surface area contributed by atoms with Crippen molar-refractivity contribution in [3.63, 3.8) is 0 Å². The first kappa shape index (κ1) is 16.3. The van der Waals surface area contributed by atoms with Gasteiger partial charge in [0.25, 0.3) is 0 Å². The zero-order chi connectivity index (χ0) is 15.9. The Bertz CT molecular complexity index is 769. The molecule has 2 rings (SSSR count). The summed E-state index contributed by atoms with van der Waals surface area (Å²) in [5, 5.41) is 8.73. The second kappa shape index (κ2) is 5.94. The van der Waals surface area contributed by atoms with Crippen molar-refractivity contribution in [1.29, 1.82) is 0 Å². The van der Waals surface area contributed by atoms with Gasteiger partial charge in [-0.25, -0.2) is 13.6 Å². The first-order chi connectivity index (χ1) is 9.73. The van der Waals surface area contributed by atoms with E-state index in [9.17, 15) is 13.6 Å². The molecule has 0 amide bonds. The third kappa shape index (κ3) is 2.93. The van der Waals surface area contributed by atoms with Gasteiger partial charge in [-0.15, -0.1) is 0 Å². The number of nitrogen functional groups attached to an aromatic ring is 1. The number of benzene rings is 2. The third-order valence-electron chi connectivity index (χ3n) is 2.77. The lowest BCUT2D eigenvalue weighted by Gasteiger charge is -2.13. The highest BCUT2D eigenvalue weighted by Crippen LogP contribution is 2.40. The lowest BCUT2D eigenvalue weighted by atomic mass is 10.0. The van der Waals surface area contributed by atoms with Gasteiger partial charge in [-0.3, -0.25) is 0 Å². The molecule has 2 aromatic carbocycles. The highest BCUT2D eigenvalue weighted by molar-refractivity contribution is 14.1. The van der Waals surface area contributed by atoms with Crippen LogP contribution in [0, 0.1) is 15.2 Å². The van der Waals surface area contributed by atoms with Crippen LogP contribution in [0.5, 0.6) is 0 Å². The standard InChI is InChI=1S/C13H6Cl2F2INO2/c14-6-1-4(8(16)3-9(6)17)10-7(15)2-5(13(20)21)12(19)11(10)18/h1-3H,19H2,(H,20,21). The largest absolute Gasteiger partial charge is 0.478 e. The maximum Gasteiger partial charge on any atom is 0.337 e. The first-order valence-corrected chi connectivity index (χ1v) is 7.23. The fourth-order valence-electron chi connectivity index (χ4n) is 1.77. The number of aromatic carboxylic acids is 1. The molecule has 0 aliphatic rings. The molecule has 3 nitrogen and oxygen atoms in total. The number of carboxylic acids is 1. The number of carboxylic acid groups (broad SMARTS) is 1. The van der Waals surface area contributed by atoms with Gasteiger partial charge in [0.1, 0.15) is 11.6 Å². The third-order valence-corrected chi connectivity index (χ3v) is 4.47. The lowest BCUT2D eigenvalue weighted by Crippen LogP contribution is -2.06. The predicted molar refractivity (Wildman–Crippen MR) is 85.9 cm³/mol. The number of anilines is 1. The normalized spacial score (nSPS) is 10.7. The maximum atomic E-state index is 13.9. The van der Waals surface area contributed by atoms with E-state index < -0.39 is 17.6 Å². The van der Waals surface area contributed by atoms with Crippen molar-refractivity contribution >= 4 is 57.4 Å². The molecule has 2 aromatic rings. The van der Waals surface area contributed by atoms with Crippen molar-refractivity contribution < 1.29 is 18.7 Å².